The molecule has 34 heavy (non-hydrogen) atoms. The average molecular weight is 495 g/mol. The zero-order valence-corrected chi connectivity index (χ0v) is 20.3. The Hall–Kier alpha value is -2.69. The number of allylic oxidation sites excluding steroid dienone is 1. The van der Waals surface area contributed by atoms with Crippen molar-refractivity contribution in [1.29, 1.82) is 0 Å². The van der Waals surface area contributed by atoms with Gasteiger partial charge in [0.1, 0.15) is 0 Å². The van der Waals surface area contributed by atoms with Crippen LogP contribution < -0.4 is 15.5 Å². The van der Waals surface area contributed by atoms with Crippen LogP contribution in [0, 0.1) is 5.92 Å². The van der Waals surface area contributed by atoms with Gasteiger partial charge in [0.2, 0.25) is 5.95 Å². The molecule has 0 aromatic carbocycles. The summed E-state index contributed by atoms with van der Waals surface area (Å²) < 4.78 is 0. The van der Waals surface area contributed by atoms with Crippen molar-refractivity contribution >= 4 is 46.7 Å². The van der Waals surface area contributed by atoms with Crippen LogP contribution in [-0.2, 0) is 11.3 Å². The summed E-state index contributed by atoms with van der Waals surface area (Å²) in [5.74, 6) is 2.40. The number of hydrogen-bond acceptors (Lipinski definition) is 9. The van der Waals surface area contributed by atoms with Crippen molar-refractivity contribution in [3.05, 3.63) is 63.9 Å². The molecule has 0 saturated carbocycles. The number of amides is 2. The van der Waals surface area contributed by atoms with E-state index in [2.05, 4.69) is 55.2 Å². The Balaban J connectivity index is 1.10. The minimum atomic E-state index is -0.375. The SMILES string of the molecule is O=C1NC(=O)/C(=C/c2ccnc(N3CCC(CNCc4cccc(C5C=CSC5)n4)CC3)n2)S1. The number of anilines is 1. The molecule has 2 aromatic heterocycles. The van der Waals surface area contributed by atoms with Crippen LogP contribution in [0.2, 0.25) is 0 Å². The summed E-state index contributed by atoms with van der Waals surface area (Å²) in [5.41, 5.74) is 2.88. The van der Waals surface area contributed by atoms with Gasteiger partial charge in [0.05, 0.1) is 16.3 Å². The number of carbonyl (C=O) groups excluding carboxylic acids is 2. The number of rotatable bonds is 7. The quantitative estimate of drug-likeness (QED) is 0.560. The van der Waals surface area contributed by atoms with Gasteiger partial charge in [0, 0.05) is 43.2 Å². The third kappa shape index (κ3) is 5.68. The lowest BCUT2D eigenvalue weighted by molar-refractivity contribution is -0.115. The van der Waals surface area contributed by atoms with Gasteiger partial charge in [-0.3, -0.25) is 19.9 Å². The summed E-state index contributed by atoms with van der Waals surface area (Å²) in [6, 6.07) is 8.06. The third-order valence-corrected chi connectivity index (χ3v) is 7.82. The molecule has 1 unspecified atom stereocenters. The monoisotopic (exact) mass is 494 g/mol. The van der Waals surface area contributed by atoms with Crippen LogP contribution in [0.5, 0.6) is 0 Å². The summed E-state index contributed by atoms with van der Waals surface area (Å²) in [6.45, 7) is 3.52. The first-order valence-electron chi connectivity index (χ1n) is 11.4. The standard InChI is InChI=1S/C24H26N6O2S2/c31-22-21(34-24(32)29-22)12-18-4-8-26-23(28-18)30-9-5-16(6-10-30)13-25-14-19-2-1-3-20(27-19)17-7-11-33-15-17/h1-4,7-8,11-12,16-17,25H,5-6,9-10,13-15H2,(H,29,31,32)/b21-12-. The van der Waals surface area contributed by atoms with Crippen LogP contribution >= 0.6 is 23.5 Å². The number of aromatic nitrogens is 3. The third-order valence-electron chi connectivity index (χ3n) is 6.11. The van der Waals surface area contributed by atoms with Gasteiger partial charge in [-0.15, -0.1) is 11.8 Å². The van der Waals surface area contributed by atoms with Crippen LogP contribution in [0.3, 0.4) is 0 Å². The lowest BCUT2D eigenvalue weighted by Gasteiger charge is -2.32. The molecule has 2 N–H and O–H groups in total. The molecule has 0 radical (unpaired) electrons. The number of pyridine rings is 1. The molecular weight excluding hydrogens is 468 g/mol. The number of nitrogens with zero attached hydrogens (tertiary/aromatic N) is 4. The molecule has 10 heteroatoms. The minimum absolute atomic E-state index is 0.352. The fraction of sp³-hybridized carbons (Fsp3) is 0.375. The van der Waals surface area contributed by atoms with Crippen molar-refractivity contribution in [2.45, 2.75) is 25.3 Å². The van der Waals surface area contributed by atoms with E-state index in [9.17, 15) is 9.59 Å². The summed E-state index contributed by atoms with van der Waals surface area (Å²) >= 11 is 2.74. The Labute approximate surface area is 207 Å². The largest absolute Gasteiger partial charge is 0.341 e. The van der Waals surface area contributed by atoms with Gasteiger partial charge in [-0.1, -0.05) is 12.1 Å². The van der Waals surface area contributed by atoms with Crippen molar-refractivity contribution in [3.8, 4) is 0 Å². The van der Waals surface area contributed by atoms with E-state index in [4.69, 9.17) is 4.98 Å². The number of piperidine rings is 1. The Kier molecular flexibility index (Phi) is 7.27. The molecule has 3 aliphatic heterocycles. The molecule has 2 fully saturated rings. The van der Waals surface area contributed by atoms with Gasteiger partial charge >= 0.3 is 0 Å². The van der Waals surface area contributed by atoms with Crippen molar-refractivity contribution in [3.63, 3.8) is 0 Å². The minimum Gasteiger partial charge on any atom is -0.341 e. The van der Waals surface area contributed by atoms with E-state index >= 15 is 0 Å². The zero-order chi connectivity index (χ0) is 23.3. The van der Waals surface area contributed by atoms with Crippen LogP contribution in [0.1, 0.15) is 35.8 Å². The number of thioether (sulfide) groups is 2. The summed E-state index contributed by atoms with van der Waals surface area (Å²) in [4.78, 5) is 39.5. The average Bonchev–Trinajstić information content (AvgIpc) is 3.50. The van der Waals surface area contributed by atoms with E-state index in [1.807, 2.05) is 11.8 Å². The van der Waals surface area contributed by atoms with Gasteiger partial charge in [-0.25, -0.2) is 9.97 Å². The van der Waals surface area contributed by atoms with Gasteiger partial charge in [-0.2, -0.15) is 0 Å². The second-order valence-corrected chi connectivity index (χ2v) is 10.5. The summed E-state index contributed by atoms with van der Waals surface area (Å²) in [6.07, 6.45) is 7.69. The molecule has 0 spiro atoms. The maximum atomic E-state index is 11.8. The maximum absolute atomic E-state index is 11.8. The van der Waals surface area contributed by atoms with E-state index in [1.165, 1.54) is 0 Å². The predicted molar refractivity (Wildman–Crippen MR) is 136 cm³/mol. The van der Waals surface area contributed by atoms with E-state index in [0.29, 0.717) is 28.4 Å². The van der Waals surface area contributed by atoms with E-state index < -0.39 is 0 Å². The van der Waals surface area contributed by atoms with E-state index in [0.717, 1.165) is 67.9 Å². The smallest absolute Gasteiger partial charge is 0.290 e. The zero-order valence-electron chi connectivity index (χ0n) is 18.6. The van der Waals surface area contributed by atoms with Crippen LogP contribution in [0.25, 0.3) is 6.08 Å². The molecule has 2 saturated heterocycles. The predicted octanol–water partition coefficient (Wildman–Crippen LogP) is 3.55. The number of hydrogen-bond donors (Lipinski definition) is 2. The van der Waals surface area contributed by atoms with Crippen molar-refractivity contribution < 1.29 is 9.59 Å². The molecule has 2 aromatic rings. The van der Waals surface area contributed by atoms with Gasteiger partial charge < -0.3 is 10.2 Å². The fourth-order valence-corrected chi connectivity index (χ4v) is 5.81. The second-order valence-electron chi connectivity index (χ2n) is 8.52. The first-order chi connectivity index (χ1) is 16.6. The van der Waals surface area contributed by atoms with Gasteiger partial charge in [0.15, 0.2) is 0 Å². The van der Waals surface area contributed by atoms with Gasteiger partial charge in [-0.05, 0) is 66.7 Å². The molecule has 3 aliphatic rings. The highest BCUT2D eigenvalue weighted by Crippen LogP contribution is 2.28. The van der Waals surface area contributed by atoms with Gasteiger partial charge in [0.25, 0.3) is 11.1 Å². The van der Waals surface area contributed by atoms with Crippen LogP contribution in [0.4, 0.5) is 10.7 Å². The molecule has 1 atom stereocenters. The Morgan fingerprint density at radius 3 is 2.82 bits per heavy atom. The second kappa shape index (κ2) is 10.7. The van der Waals surface area contributed by atoms with Crippen LogP contribution in [-0.4, -0.2) is 51.5 Å². The number of imide groups is 1. The molecule has 0 bridgehead atoms. The summed E-state index contributed by atoms with van der Waals surface area (Å²) in [5, 5.41) is 7.66. The highest BCUT2D eigenvalue weighted by molar-refractivity contribution is 8.18. The molecule has 5 heterocycles. The van der Waals surface area contributed by atoms with Crippen molar-refractivity contribution in [2.24, 2.45) is 5.92 Å². The topological polar surface area (TPSA) is 100 Å². The normalized spacial score (nSPS) is 22.1. The van der Waals surface area contributed by atoms with Crippen molar-refractivity contribution in [2.75, 3.05) is 30.3 Å². The number of nitrogens with one attached hydrogen (secondary N) is 2. The molecular formula is C24H26N6O2S2. The van der Waals surface area contributed by atoms with E-state index in [1.54, 1.807) is 18.3 Å². The fourth-order valence-electron chi connectivity index (χ4n) is 4.24. The van der Waals surface area contributed by atoms with Crippen LogP contribution in [0.15, 0.2) is 46.9 Å². The number of carbonyl (C=O) groups is 2. The van der Waals surface area contributed by atoms with E-state index in [-0.39, 0.29) is 11.1 Å². The Bertz CT molecular complexity index is 1130. The maximum Gasteiger partial charge on any atom is 0.290 e. The molecule has 2 amide bonds. The molecule has 176 valence electrons. The Morgan fingerprint density at radius 1 is 1.18 bits per heavy atom. The molecule has 5 rings (SSSR count). The lowest BCUT2D eigenvalue weighted by Crippen LogP contribution is -2.38. The summed E-state index contributed by atoms with van der Waals surface area (Å²) in [7, 11) is 0. The first kappa shape index (κ1) is 23.1. The first-order valence-corrected chi connectivity index (χ1v) is 13.3. The molecule has 8 nitrogen and oxygen atoms in total. The van der Waals surface area contributed by atoms with Crippen molar-refractivity contribution in [1.82, 2.24) is 25.6 Å². The Morgan fingerprint density at radius 2 is 2.06 bits per heavy atom. The lowest BCUT2D eigenvalue weighted by atomic mass is 9.97. The molecule has 0 aliphatic carbocycles. The highest BCUT2D eigenvalue weighted by Gasteiger charge is 2.26. The highest BCUT2D eigenvalue weighted by atomic mass is 32.2.